The summed E-state index contributed by atoms with van der Waals surface area (Å²) in [5, 5.41) is 6.28. The van der Waals surface area contributed by atoms with Gasteiger partial charge < -0.3 is 10.1 Å². The SMILES string of the molecule is COc1ccccc1NC(=O)CN[C@H](c1ccccc1)c1ccc(C)cc1. The van der Waals surface area contributed by atoms with E-state index < -0.39 is 0 Å². The molecular weight excluding hydrogens is 336 g/mol. The molecule has 4 heteroatoms. The number of benzene rings is 3. The number of rotatable bonds is 7. The van der Waals surface area contributed by atoms with Crippen LogP contribution in [0.5, 0.6) is 5.75 Å². The van der Waals surface area contributed by atoms with Gasteiger partial charge in [-0.25, -0.2) is 0 Å². The summed E-state index contributed by atoms with van der Waals surface area (Å²) in [7, 11) is 1.59. The summed E-state index contributed by atoms with van der Waals surface area (Å²) < 4.78 is 5.29. The predicted octanol–water partition coefficient (Wildman–Crippen LogP) is 4.32. The van der Waals surface area contributed by atoms with E-state index in [1.807, 2.05) is 42.5 Å². The monoisotopic (exact) mass is 360 g/mol. The molecule has 1 atom stereocenters. The van der Waals surface area contributed by atoms with Crippen molar-refractivity contribution in [3.8, 4) is 5.75 Å². The summed E-state index contributed by atoms with van der Waals surface area (Å²) in [6.07, 6.45) is 0. The highest BCUT2D eigenvalue weighted by molar-refractivity contribution is 5.93. The molecule has 4 nitrogen and oxygen atoms in total. The molecule has 2 N–H and O–H groups in total. The molecule has 3 aromatic rings. The van der Waals surface area contributed by atoms with E-state index in [-0.39, 0.29) is 18.5 Å². The smallest absolute Gasteiger partial charge is 0.238 e. The molecule has 0 aliphatic rings. The molecule has 3 aromatic carbocycles. The molecule has 0 saturated carbocycles. The fourth-order valence-electron chi connectivity index (χ4n) is 2.97. The minimum absolute atomic E-state index is 0.0600. The van der Waals surface area contributed by atoms with Crippen LogP contribution in [0.2, 0.25) is 0 Å². The number of carbonyl (C=O) groups is 1. The lowest BCUT2D eigenvalue weighted by atomic mass is 9.98. The lowest BCUT2D eigenvalue weighted by Gasteiger charge is -2.20. The average Bonchev–Trinajstić information content (AvgIpc) is 2.70. The van der Waals surface area contributed by atoms with Gasteiger partial charge in [-0.2, -0.15) is 0 Å². The van der Waals surface area contributed by atoms with Crippen molar-refractivity contribution < 1.29 is 9.53 Å². The molecule has 0 unspecified atom stereocenters. The van der Waals surface area contributed by atoms with Crippen molar-refractivity contribution >= 4 is 11.6 Å². The maximum absolute atomic E-state index is 12.5. The number of hydrogen-bond acceptors (Lipinski definition) is 3. The van der Waals surface area contributed by atoms with Gasteiger partial charge in [0.1, 0.15) is 5.75 Å². The Balaban J connectivity index is 1.73. The summed E-state index contributed by atoms with van der Waals surface area (Å²) in [6, 6.07) is 25.8. The third-order valence-electron chi connectivity index (χ3n) is 4.39. The van der Waals surface area contributed by atoms with Gasteiger partial charge in [-0.15, -0.1) is 0 Å². The molecule has 0 aromatic heterocycles. The number of aryl methyl sites for hydroxylation is 1. The Labute approximate surface area is 160 Å². The summed E-state index contributed by atoms with van der Waals surface area (Å²) >= 11 is 0. The molecule has 0 radical (unpaired) electrons. The summed E-state index contributed by atoms with van der Waals surface area (Å²) in [6.45, 7) is 2.25. The summed E-state index contributed by atoms with van der Waals surface area (Å²) in [5.41, 5.74) is 4.11. The van der Waals surface area contributed by atoms with E-state index in [0.717, 1.165) is 11.1 Å². The Kier molecular flexibility index (Phi) is 6.23. The minimum atomic E-state index is -0.118. The zero-order valence-electron chi connectivity index (χ0n) is 15.6. The van der Waals surface area contributed by atoms with E-state index in [1.165, 1.54) is 5.56 Å². The molecule has 0 fully saturated rings. The first-order chi connectivity index (χ1) is 13.2. The van der Waals surface area contributed by atoms with Gasteiger partial charge in [-0.05, 0) is 30.2 Å². The minimum Gasteiger partial charge on any atom is -0.495 e. The first kappa shape index (κ1) is 18.7. The van der Waals surface area contributed by atoms with Crippen LogP contribution in [0, 0.1) is 6.92 Å². The Morgan fingerprint density at radius 2 is 1.52 bits per heavy atom. The van der Waals surface area contributed by atoms with Crippen molar-refractivity contribution in [1.29, 1.82) is 0 Å². The topological polar surface area (TPSA) is 50.4 Å². The maximum atomic E-state index is 12.5. The molecule has 0 heterocycles. The zero-order valence-corrected chi connectivity index (χ0v) is 15.6. The van der Waals surface area contributed by atoms with Crippen LogP contribution in [-0.2, 0) is 4.79 Å². The van der Waals surface area contributed by atoms with Gasteiger partial charge in [0.25, 0.3) is 0 Å². The molecule has 0 aliphatic carbocycles. The van der Waals surface area contributed by atoms with E-state index in [0.29, 0.717) is 11.4 Å². The number of amides is 1. The Hall–Kier alpha value is -3.11. The van der Waals surface area contributed by atoms with Crippen LogP contribution in [0.25, 0.3) is 0 Å². The van der Waals surface area contributed by atoms with E-state index in [4.69, 9.17) is 4.74 Å². The molecule has 1 amide bonds. The first-order valence-corrected chi connectivity index (χ1v) is 8.95. The lowest BCUT2D eigenvalue weighted by molar-refractivity contribution is -0.115. The van der Waals surface area contributed by atoms with Crippen molar-refractivity contribution in [1.82, 2.24) is 5.32 Å². The molecule has 0 aliphatic heterocycles. The second-order valence-electron chi connectivity index (χ2n) is 6.38. The van der Waals surface area contributed by atoms with Crippen LogP contribution >= 0.6 is 0 Å². The van der Waals surface area contributed by atoms with Gasteiger partial charge in [0.15, 0.2) is 0 Å². The van der Waals surface area contributed by atoms with Crippen LogP contribution in [0.1, 0.15) is 22.7 Å². The molecule has 0 spiro atoms. The Morgan fingerprint density at radius 3 is 2.22 bits per heavy atom. The quantitative estimate of drug-likeness (QED) is 0.660. The number of para-hydroxylation sites is 2. The highest BCUT2D eigenvalue weighted by Crippen LogP contribution is 2.24. The number of methoxy groups -OCH3 is 1. The average molecular weight is 360 g/mol. The molecule has 3 rings (SSSR count). The van der Waals surface area contributed by atoms with Crippen LogP contribution in [0.4, 0.5) is 5.69 Å². The number of carbonyl (C=O) groups excluding carboxylic acids is 1. The summed E-state index contributed by atoms with van der Waals surface area (Å²) in [5.74, 6) is 0.525. The number of nitrogens with one attached hydrogen (secondary N) is 2. The van der Waals surface area contributed by atoms with Crippen molar-refractivity contribution in [2.45, 2.75) is 13.0 Å². The van der Waals surface area contributed by atoms with Gasteiger partial charge >= 0.3 is 0 Å². The predicted molar refractivity (Wildman–Crippen MR) is 109 cm³/mol. The number of hydrogen-bond donors (Lipinski definition) is 2. The molecule has 0 bridgehead atoms. The van der Waals surface area contributed by atoms with Gasteiger partial charge in [-0.1, -0.05) is 72.3 Å². The Bertz CT molecular complexity index is 876. The standard InChI is InChI=1S/C23H24N2O2/c1-17-12-14-19(15-13-17)23(18-8-4-3-5-9-18)24-16-22(26)25-20-10-6-7-11-21(20)27-2/h3-15,23-24H,16H2,1-2H3,(H,25,26)/t23-/m1/s1. The van der Waals surface area contributed by atoms with E-state index in [1.54, 1.807) is 7.11 Å². The first-order valence-electron chi connectivity index (χ1n) is 8.95. The second-order valence-corrected chi connectivity index (χ2v) is 6.38. The highest BCUT2D eigenvalue weighted by atomic mass is 16.5. The molecule has 0 saturated heterocycles. The third kappa shape index (κ3) is 4.96. The van der Waals surface area contributed by atoms with Crippen LogP contribution in [-0.4, -0.2) is 19.6 Å². The van der Waals surface area contributed by atoms with Gasteiger partial charge in [0.2, 0.25) is 5.91 Å². The highest BCUT2D eigenvalue weighted by Gasteiger charge is 2.15. The van der Waals surface area contributed by atoms with Crippen molar-refractivity contribution in [2.24, 2.45) is 0 Å². The van der Waals surface area contributed by atoms with Crippen LogP contribution in [0.3, 0.4) is 0 Å². The van der Waals surface area contributed by atoms with E-state index >= 15 is 0 Å². The van der Waals surface area contributed by atoms with Gasteiger partial charge in [-0.3, -0.25) is 10.1 Å². The Morgan fingerprint density at radius 1 is 0.889 bits per heavy atom. The second kappa shape index (κ2) is 9.01. The fraction of sp³-hybridized carbons (Fsp3) is 0.174. The fourth-order valence-corrected chi connectivity index (χ4v) is 2.97. The van der Waals surface area contributed by atoms with Gasteiger partial charge in [0.05, 0.1) is 25.4 Å². The largest absolute Gasteiger partial charge is 0.495 e. The maximum Gasteiger partial charge on any atom is 0.238 e. The molecule has 27 heavy (non-hydrogen) atoms. The van der Waals surface area contributed by atoms with Crippen molar-refractivity contribution in [2.75, 3.05) is 19.0 Å². The number of anilines is 1. The zero-order chi connectivity index (χ0) is 19.1. The molecule has 138 valence electrons. The third-order valence-corrected chi connectivity index (χ3v) is 4.39. The number of ether oxygens (including phenoxy) is 1. The van der Waals surface area contributed by atoms with E-state index in [9.17, 15) is 4.79 Å². The normalized spacial score (nSPS) is 11.6. The van der Waals surface area contributed by atoms with Crippen LogP contribution < -0.4 is 15.4 Å². The van der Waals surface area contributed by atoms with Gasteiger partial charge in [0, 0.05) is 0 Å². The lowest BCUT2D eigenvalue weighted by Crippen LogP contribution is -2.32. The molecular formula is C23H24N2O2. The van der Waals surface area contributed by atoms with Crippen molar-refractivity contribution in [3.63, 3.8) is 0 Å². The van der Waals surface area contributed by atoms with Crippen LogP contribution in [0.15, 0.2) is 78.9 Å². The van der Waals surface area contributed by atoms with Crippen molar-refractivity contribution in [3.05, 3.63) is 95.6 Å². The summed E-state index contributed by atoms with van der Waals surface area (Å²) in [4.78, 5) is 12.5. The van der Waals surface area contributed by atoms with E-state index in [2.05, 4.69) is 54.0 Å².